The molecule has 1 fully saturated rings. The highest BCUT2D eigenvalue weighted by atomic mass is 35.5. The van der Waals surface area contributed by atoms with E-state index in [2.05, 4.69) is 21.0 Å². The Morgan fingerprint density at radius 3 is 2.24 bits per heavy atom. The number of terminal acetylenes is 1. The number of rotatable bonds is 22. The van der Waals surface area contributed by atoms with Crippen LogP contribution in [-0.2, 0) is 43.9 Å². The molecular weight excluding hydrogens is 759 g/mol. The van der Waals surface area contributed by atoms with Crippen LogP contribution in [0.25, 0.3) is 11.0 Å². The van der Waals surface area contributed by atoms with E-state index >= 15 is 0 Å². The third-order valence-electron chi connectivity index (χ3n) is 7.21. The molecule has 3 heterocycles. The number of aliphatic hydroxyl groups excluding tert-OH is 2. The second-order valence-electron chi connectivity index (χ2n) is 11.0. The van der Waals surface area contributed by atoms with Crippen LogP contribution >= 0.6 is 38.4 Å². The van der Waals surface area contributed by atoms with E-state index in [0.717, 1.165) is 5.56 Å². The van der Waals surface area contributed by atoms with E-state index < -0.39 is 52.2 Å². The Balaban J connectivity index is 1.43. The predicted octanol–water partition coefficient (Wildman–Crippen LogP) is 1.80. The molecule has 0 saturated carbocycles. The number of halogens is 2. The Labute approximate surface area is 303 Å². The van der Waals surface area contributed by atoms with Gasteiger partial charge in [0.25, 0.3) is 0 Å². The van der Waals surface area contributed by atoms with Gasteiger partial charge in [0, 0.05) is 18.1 Å². The van der Waals surface area contributed by atoms with Crippen molar-refractivity contribution in [3.63, 3.8) is 0 Å². The summed E-state index contributed by atoms with van der Waals surface area (Å²) in [4.78, 5) is 38.5. The number of nitrogens with zero attached hydrogens (tertiary/aromatic N) is 5. The van der Waals surface area contributed by atoms with Crippen molar-refractivity contribution in [3.8, 4) is 12.3 Å². The molecule has 0 aliphatic carbocycles. The maximum Gasteiger partial charge on any atom is 0.340 e. The Morgan fingerprint density at radius 2 is 1.59 bits per heavy atom. The van der Waals surface area contributed by atoms with Gasteiger partial charge in [-0.1, -0.05) is 35.7 Å². The highest BCUT2D eigenvalue weighted by Crippen LogP contribution is 2.55. The smallest absolute Gasteiger partial charge is 0.340 e. The van der Waals surface area contributed by atoms with Gasteiger partial charge >= 0.3 is 15.2 Å². The zero-order valence-electron chi connectivity index (χ0n) is 27.1. The molecule has 0 amide bonds. The highest BCUT2D eigenvalue weighted by molar-refractivity contribution is 7.70. The summed E-state index contributed by atoms with van der Waals surface area (Å²) in [6, 6.07) is 7.25. The summed E-state index contributed by atoms with van der Waals surface area (Å²) in [6.45, 7) is 2.54. The van der Waals surface area contributed by atoms with Crippen molar-refractivity contribution in [2.75, 3.05) is 76.8 Å². The number of benzene rings is 1. The quantitative estimate of drug-likeness (QED) is 0.0422. The fourth-order valence-electron chi connectivity index (χ4n) is 4.90. The summed E-state index contributed by atoms with van der Waals surface area (Å²) < 4.78 is 56.9. The van der Waals surface area contributed by atoms with Gasteiger partial charge in [0.1, 0.15) is 30.7 Å². The minimum atomic E-state index is -4.89. The first-order chi connectivity index (χ1) is 24.3. The van der Waals surface area contributed by atoms with E-state index in [1.54, 1.807) is 12.1 Å². The summed E-state index contributed by atoms with van der Waals surface area (Å²) in [7, 11) is -9.64. The monoisotopic (exact) mass is 797 g/mol. The van der Waals surface area contributed by atoms with Crippen LogP contribution in [0.2, 0.25) is 10.3 Å². The molecular formula is C29H39Cl2N5O13P2. The third kappa shape index (κ3) is 12.7. The van der Waals surface area contributed by atoms with Crippen molar-refractivity contribution in [2.24, 2.45) is 0 Å². The minimum Gasteiger partial charge on any atom is -0.387 e. The average molecular weight is 799 g/mol. The third-order valence-corrected chi connectivity index (χ3v) is 11.2. The molecule has 5 atom stereocenters. The summed E-state index contributed by atoms with van der Waals surface area (Å²) in [5, 5.41) is 26.5. The van der Waals surface area contributed by atoms with Gasteiger partial charge in [-0.15, -0.1) is 6.42 Å². The summed E-state index contributed by atoms with van der Waals surface area (Å²) in [5.41, 5.74) is 0.906. The van der Waals surface area contributed by atoms with Crippen molar-refractivity contribution in [1.29, 1.82) is 0 Å². The first-order valence-electron chi connectivity index (χ1n) is 15.5. The molecule has 2 aromatic heterocycles. The Kier molecular flexibility index (Phi) is 16.0. The maximum atomic E-state index is 12.1. The zero-order valence-corrected chi connectivity index (χ0v) is 30.4. The molecule has 1 aliphatic rings. The van der Waals surface area contributed by atoms with Crippen LogP contribution in [0, 0.1) is 12.3 Å². The number of aliphatic hydroxyl groups is 2. The lowest BCUT2D eigenvalue weighted by atomic mass is 10.1. The summed E-state index contributed by atoms with van der Waals surface area (Å²) in [6.07, 6.45) is 0.553. The van der Waals surface area contributed by atoms with Crippen LogP contribution in [0.15, 0.2) is 30.5 Å². The molecule has 51 heavy (non-hydrogen) atoms. The number of ether oxygens (including phenoxy) is 5. The van der Waals surface area contributed by atoms with Crippen molar-refractivity contribution in [1.82, 2.24) is 19.7 Å². The minimum absolute atomic E-state index is 0.125. The van der Waals surface area contributed by atoms with Gasteiger partial charge in [-0.2, -0.15) is 15.1 Å². The number of anilines is 1. The second-order valence-corrected chi connectivity index (χ2v) is 15.8. The number of hydrogen-bond donors (Lipinski definition) is 5. The molecule has 1 aliphatic heterocycles. The second kappa shape index (κ2) is 19.7. The predicted molar refractivity (Wildman–Crippen MR) is 184 cm³/mol. The zero-order chi connectivity index (χ0) is 37.0. The Bertz CT molecular complexity index is 1710. The molecule has 0 radical (unpaired) electrons. The van der Waals surface area contributed by atoms with Gasteiger partial charge in [0.2, 0.25) is 5.28 Å². The molecule has 22 heteroatoms. The number of fused-ring (bicyclic) bond motifs is 1. The molecule has 4 rings (SSSR count). The molecule has 18 nitrogen and oxygen atoms in total. The molecule has 1 saturated heterocycles. The first kappa shape index (κ1) is 41.5. The van der Waals surface area contributed by atoms with Crippen molar-refractivity contribution < 1.29 is 62.2 Å². The standard InChI is InChI=1S/C29H39Cl2N5O13P2/c1-2-8-44-10-12-46-14-15-47-13-11-45-9-7-35(17-20-5-3-4-6-22(20)30)26-21-16-32-36(27(21)34-29(31)33-26)28-25(38)24(37)23(49-28)18-48-51(42,43)19-50(39,40)41/h1,3-6,16,23-25,28,37-38H,7-15,17-19H2,(H,42,43)(H2,39,40,41)/t23-,24-,25-,28-/m1/s1. The lowest BCUT2D eigenvalue weighted by Gasteiger charge is -2.25. The largest absolute Gasteiger partial charge is 0.387 e. The van der Waals surface area contributed by atoms with Crippen molar-refractivity contribution in [3.05, 3.63) is 46.3 Å². The number of hydrogen-bond acceptors (Lipinski definition) is 14. The lowest BCUT2D eigenvalue weighted by molar-refractivity contribution is -0.0541. The van der Waals surface area contributed by atoms with Crippen LogP contribution in [0.3, 0.4) is 0 Å². The van der Waals surface area contributed by atoms with Gasteiger partial charge in [0.05, 0.1) is 64.4 Å². The molecule has 0 bridgehead atoms. The van der Waals surface area contributed by atoms with E-state index in [9.17, 15) is 24.2 Å². The first-order valence-corrected chi connectivity index (χ1v) is 19.8. The van der Waals surface area contributed by atoms with Gasteiger partial charge in [-0.05, 0) is 23.2 Å². The summed E-state index contributed by atoms with van der Waals surface area (Å²) in [5.74, 6) is 1.30. The van der Waals surface area contributed by atoms with Crippen LogP contribution in [0.1, 0.15) is 11.8 Å². The number of aromatic nitrogens is 4. The van der Waals surface area contributed by atoms with Gasteiger partial charge in [-0.3, -0.25) is 9.13 Å². The fraction of sp³-hybridized carbons (Fsp3) is 0.552. The van der Waals surface area contributed by atoms with Gasteiger partial charge < -0.3 is 58.0 Å². The molecule has 5 N–H and O–H groups in total. The maximum absolute atomic E-state index is 12.1. The van der Waals surface area contributed by atoms with E-state index in [-0.39, 0.29) is 30.7 Å². The fourth-order valence-corrected chi connectivity index (χ4v) is 7.83. The molecule has 1 unspecified atom stereocenters. The molecule has 282 valence electrons. The summed E-state index contributed by atoms with van der Waals surface area (Å²) >= 11 is 12.9. The van der Waals surface area contributed by atoms with Crippen molar-refractivity contribution in [2.45, 2.75) is 31.1 Å². The van der Waals surface area contributed by atoms with E-state index in [0.29, 0.717) is 62.4 Å². The molecule has 0 spiro atoms. The molecule has 3 aromatic rings. The highest BCUT2D eigenvalue weighted by Gasteiger charge is 2.46. The Morgan fingerprint density at radius 1 is 0.941 bits per heavy atom. The topological polar surface area (TPSA) is 238 Å². The average Bonchev–Trinajstić information content (AvgIpc) is 3.60. The SMILES string of the molecule is C#CCOCCOCCOCCOCCN(Cc1ccccc1Cl)c1nc(Cl)nc2c1cnn2[C@@H]1O[C@H](COP(=O)(O)CP(=O)(O)O)[C@@H](O)[C@H]1O. The lowest BCUT2D eigenvalue weighted by Crippen LogP contribution is -2.33. The van der Waals surface area contributed by atoms with E-state index in [1.165, 1.54) is 10.9 Å². The van der Waals surface area contributed by atoms with E-state index in [4.69, 9.17) is 67.6 Å². The van der Waals surface area contributed by atoms with E-state index in [1.807, 2.05) is 17.0 Å². The van der Waals surface area contributed by atoms with Crippen LogP contribution < -0.4 is 4.90 Å². The van der Waals surface area contributed by atoms with Crippen LogP contribution in [0.5, 0.6) is 0 Å². The van der Waals surface area contributed by atoms with Crippen molar-refractivity contribution >= 4 is 55.2 Å². The van der Waals surface area contributed by atoms with Gasteiger partial charge in [0.15, 0.2) is 17.8 Å². The molecule has 1 aromatic carbocycles. The van der Waals surface area contributed by atoms with Crippen LogP contribution in [-0.4, -0.2) is 135 Å². The van der Waals surface area contributed by atoms with Crippen LogP contribution in [0.4, 0.5) is 5.82 Å². The van der Waals surface area contributed by atoms with Gasteiger partial charge in [-0.25, -0.2) is 4.68 Å². The normalized spacial score (nSPS) is 20.4. The Hall–Kier alpha value is -2.27.